The maximum Gasteiger partial charge on any atom is 0.251 e. The lowest BCUT2D eigenvalue weighted by Crippen LogP contribution is -2.32. The zero-order valence-electron chi connectivity index (χ0n) is 11.7. The van der Waals surface area contributed by atoms with Gasteiger partial charge in [0.1, 0.15) is 0 Å². The van der Waals surface area contributed by atoms with Crippen LogP contribution < -0.4 is 5.32 Å². The van der Waals surface area contributed by atoms with E-state index in [1.807, 2.05) is 32.0 Å². The Kier molecular flexibility index (Phi) is 5.03. The Labute approximate surface area is 124 Å². The maximum absolute atomic E-state index is 12.3. The van der Waals surface area contributed by atoms with Crippen LogP contribution in [-0.2, 0) is 0 Å². The average Bonchev–Trinajstić information content (AvgIpc) is 2.36. The Morgan fingerprint density at radius 3 is 2.63 bits per heavy atom. The summed E-state index contributed by atoms with van der Waals surface area (Å²) in [5.41, 5.74) is 2.95. The first kappa shape index (κ1) is 14.6. The van der Waals surface area contributed by atoms with Gasteiger partial charge in [-0.2, -0.15) is 0 Å². The van der Waals surface area contributed by atoms with E-state index in [9.17, 15) is 4.79 Å². The lowest BCUT2D eigenvalue weighted by molar-refractivity contribution is 0.0942. The molecule has 1 aliphatic rings. The zero-order chi connectivity index (χ0) is 13.8. The number of aryl methyl sites for hydroxylation is 2. The van der Waals surface area contributed by atoms with Gasteiger partial charge in [0.25, 0.3) is 5.91 Å². The van der Waals surface area contributed by atoms with E-state index in [-0.39, 0.29) is 5.91 Å². The number of amides is 1. The number of alkyl halides is 1. The fourth-order valence-electron chi connectivity index (χ4n) is 2.91. The van der Waals surface area contributed by atoms with Crippen molar-refractivity contribution in [3.8, 4) is 0 Å². The first-order valence-electron chi connectivity index (χ1n) is 7.06. The van der Waals surface area contributed by atoms with Gasteiger partial charge in [-0.1, -0.05) is 40.5 Å². The Hall–Kier alpha value is -0.830. The molecule has 1 fully saturated rings. The van der Waals surface area contributed by atoms with Crippen LogP contribution in [0.25, 0.3) is 0 Å². The first-order valence-corrected chi connectivity index (χ1v) is 7.98. The molecule has 2 nitrogen and oxygen atoms in total. The number of nitrogens with one attached hydrogen (secondary N) is 1. The van der Waals surface area contributed by atoms with E-state index in [0.717, 1.165) is 23.2 Å². The molecule has 1 aromatic carbocycles. The van der Waals surface area contributed by atoms with Crippen LogP contribution in [0.4, 0.5) is 0 Å². The molecule has 1 aliphatic carbocycles. The Balaban J connectivity index is 1.94. The van der Waals surface area contributed by atoms with Crippen molar-refractivity contribution < 1.29 is 4.79 Å². The minimum atomic E-state index is 0.0762. The van der Waals surface area contributed by atoms with E-state index in [1.54, 1.807) is 0 Å². The van der Waals surface area contributed by atoms with Gasteiger partial charge in [-0.3, -0.25) is 4.79 Å². The second-order valence-electron chi connectivity index (χ2n) is 5.61. The summed E-state index contributed by atoms with van der Waals surface area (Å²) in [6.07, 6.45) is 4.93. The second kappa shape index (κ2) is 6.56. The van der Waals surface area contributed by atoms with E-state index in [1.165, 1.54) is 25.7 Å². The van der Waals surface area contributed by atoms with Crippen LogP contribution in [0, 0.1) is 19.8 Å². The van der Waals surface area contributed by atoms with Crippen molar-refractivity contribution in [2.24, 2.45) is 5.92 Å². The summed E-state index contributed by atoms with van der Waals surface area (Å²) in [5.74, 6) is 0.693. The smallest absolute Gasteiger partial charge is 0.251 e. The lowest BCUT2D eigenvalue weighted by atomic mass is 9.89. The van der Waals surface area contributed by atoms with Gasteiger partial charge in [-0.15, -0.1) is 0 Å². The largest absolute Gasteiger partial charge is 0.352 e. The third-order valence-electron chi connectivity index (χ3n) is 3.98. The molecule has 1 amide bonds. The van der Waals surface area contributed by atoms with Gasteiger partial charge in [-0.05, 0) is 50.2 Å². The molecule has 0 spiro atoms. The predicted molar refractivity (Wildman–Crippen MR) is 82.9 cm³/mol. The number of carbonyl (C=O) groups excluding carboxylic acids is 1. The van der Waals surface area contributed by atoms with Crippen molar-refractivity contribution in [1.29, 1.82) is 0 Å². The Bertz CT molecular complexity index is 438. The summed E-state index contributed by atoms with van der Waals surface area (Å²) in [4.78, 5) is 12.9. The molecular weight excluding hydrogens is 302 g/mol. The lowest BCUT2D eigenvalue weighted by Gasteiger charge is -2.26. The van der Waals surface area contributed by atoms with Gasteiger partial charge in [0.15, 0.2) is 0 Å². The first-order chi connectivity index (χ1) is 9.08. The molecule has 2 atom stereocenters. The standard InChI is InChI=1S/C16H22BrNO/c1-11-5-3-6-12(2)15(11)16(19)18-10-13-7-4-8-14(17)9-13/h3,5-6,13-14H,4,7-10H2,1-2H3,(H,18,19). The van der Waals surface area contributed by atoms with Crippen LogP contribution in [-0.4, -0.2) is 17.3 Å². The van der Waals surface area contributed by atoms with Crippen LogP contribution in [0.3, 0.4) is 0 Å². The normalized spacial score (nSPS) is 23.1. The maximum atomic E-state index is 12.3. The van der Waals surface area contributed by atoms with Crippen molar-refractivity contribution in [1.82, 2.24) is 5.32 Å². The molecule has 3 heteroatoms. The highest BCUT2D eigenvalue weighted by atomic mass is 79.9. The molecule has 2 rings (SSSR count). The van der Waals surface area contributed by atoms with E-state index < -0.39 is 0 Å². The minimum Gasteiger partial charge on any atom is -0.352 e. The van der Waals surface area contributed by atoms with Crippen LogP contribution in [0.15, 0.2) is 18.2 Å². The van der Waals surface area contributed by atoms with E-state index in [2.05, 4.69) is 21.2 Å². The van der Waals surface area contributed by atoms with Crippen molar-refractivity contribution in [2.45, 2.75) is 44.4 Å². The summed E-state index contributed by atoms with van der Waals surface area (Å²) in [6, 6.07) is 5.99. The van der Waals surface area contributed by atoms with Crippen LogP contribution in [0.2, 0.25) is 0 Å². The van der Waals surface area contributed by atoms with Gasteiger partial charge in [0.05, 0.1) is 0 Å². The molecule has 0 bridgehead atoms. The van der Waals surface area contributed by atoms with Crippen molar-refractivity contribution in [2.75, 3.05) is 6.54 Å². The second-order valence-corrected chi connectivity index (χ2v) is 6.90. The number of benzene rings is 1. The summed E-state index contributed by atoms with van der Waals surface area (Å²) < 4.78 is 0. The molecule has 1 saturated carbocycles. The molecule has 2 unspecified atom stereocenters. The summed E-state index contributed by atoms with van der Waals surface area (Å²) in [7, 11) is 0. The van der Waals surface area contributed by atoms with Crippen LogP contribution >= 0.6 is 15.9 Å². The van der Waals surface area contributed by atoms with Gasteiger partial charge < -0.3 is 5.32 Å². The quantitative estimate of drug-likeness (QED) is 0.837. The molecule has 0 aliphatic heterocycles. The van der Waals surface area contributed by atoms with Crippen molar-refractivity contribution >= 4 is 21.8 Å². The molecule has 0 radical (unpaired) electrons. The number of hydrogen-bond donors (Lipinski definition) is 1. The van der Waals surface area contributed by atoms with Gasteiger partial charge in [0, 0.05) is 16.9 Å². The predicted octanol–water partition coefficient (Wildman–Crippen LogP) is 3.99. The highest BCUT2D eigenvalue weighted by Gasteiger charge is 2.21. The number of carbonyl (C=O) groups is 1. The molecule has 0 saturated heterocycles. The Morgan fingerprint density at radius 1 is 1.32 bits per heavy atom. The van der Waals surface area contributed by atoms with Gasteiger partial charge in [-0.25, -0.2) is 0 Å². The highest BCUT2D eigenvalue weighted by molar-refractivity contribution is 9.09. The van der Waals surface area contributed by atoms with Crippen molar-refractivity contribution in [3.63, 3.8) is 0 Å². The third kappa shape index (κ3) is 3.82. The van der Waals surface area contributed by atoms with Gasteiger partial charge >= 0.3 is 0 Å². The third-order valence-corrected chi connectivity index (χ3v) is 4.81. The topological polar surface area (TPSA) is 29.1 Å². The number of hydrogen-bond acceptors (Lipinski definition) is 1. The number of rotatable bonds is 3. The zero-order valence-corrected chi connectivity index (χ0v) is 13.3. The van der Waals surface area contributed by atoms with Gasteiger partial charge in [0.2, 0.25) is 0 Å². The fraction of sp³-hybridized carbons (Fsp3) is 0.562. The molecule has 1 aromatic rings. The monoisotopic (exact) mass is 323 g/mol. The fourth-order valence-corrected chi connectivity index (χ4v) is 3.76. The van der Waals surface area contributed by atoms with E-state index in [4.69, 9.17) is 0 Å². The average molecular weight is 324 g/mol. The molecule has 104 valence electrons. The highest BCUT2D eigenvalue weighted by Crippen LogP contribution is 2.28. The number of halogens is 1. The molecule has 0 aromatic heterocycles. The van der Waals surface area contributed by atoms with E-state index >= 15 is 0 Å². The molecule has 1 N–H and O–H groups in total. The summed E-state index contributed by atoms with van der Waals surface area (Å²) >= 11 is 3.69. The molecule has 19 heavy (non-hydrogen) atoms. The van der Waals surface area contributed by atoms with Crippen molar-refractivity contribution in [3.05, 3.63) is 34.9 Å². The van der Waals surface area contributed by atoms with Crippen LogP contribution in [0.5, 0.6) is 0 Å². The summed E-state index contributed by atoms with van der Waals surface area (Å²) in [5, 5.41) is 3.11. The summed E-state index contributed by atoms with van der Waals surface area (Å²) in [6.45, 7) is 4.79. The molecular formula is C16H22BrNO. The minimum absolute atomic E-state index is 0.0762. The van der Waals surface area contributed by atoms with Crippen LogP contribution in [0.1, 0.15) is 47.2 Å². The Morgan fingerprint density at radius 2 is 2.00 bits per heavy atom. The van der Waals surface area contributed by atoms with E-state index in [0.29, 0.717) is 10.7 Å². The molecule has 0 heterocycles. The SMILES string of the molecule is Cc1cccc(C)c1C(=O)NCC1CCCC(Br)C1.